The van der Waals surface area contributed by atoms with E-state index in [4.69, 9.17) is 4.99 Å². The summed E-state index contributed by atoms with van der Waals surface area (Å²) in [5.41, 5.74) is 3.09. The van der Waals surface area contributed by atoms with Gasteiger partial charge >= 0.3 is 0 Å². The zero-order valence-corrected chi connectivity index (χ0v) is 16.6. The van der Waals surface area contributed by atoms with Crippen LogP contribution in [0.1, 0.15) is 68.7 Å². The van der Waals surface area contributed by atoms with Crippen molar-refractivity contribution in [2.45, 2.75) is 74.8 Å². The Hall–Kier alpha value is -0.830. The van der Waals surface area contributed by atoms with Gasteiger partial charge in [0.2, 0.25) is 0 Å². The van der Waals surface area contributed by atoms with Crippen LogP contribution in [0.5, 0.6) is 0 Å². The highest BCUT2D eigenvalue weighted by Gasteiger charge is 2.46. The zero-order valence-electron chi connectivity index (χ0n) is 16.6. The molecule has 2 atom stereocenters. The van der Waals surface area contributed by atoms with Crippen molar-refractivity contribution >= 4 is 5.84 Å². The number of hydrogen-bond donors (Lipinski definition) is 1. The summed E-state index contributed by atoms with van der Waals surface area (Å²) < 4.78 is 0. The first-order valence-electron chi connectivity index (χ1n) is 8.97. The molecule has 2 aliphatic rings. The minimum atomic E-state index is 0.0164. The molecule has 0 bridgehead atoms. The van der Waals surface area contributed by atoms with Gasteiger partial charge in [0.25, 0.3) is 0 Å². The molecule has 3 heteroatoms. The highest BCUT2D eigenvalue weighted by Crippen LogP contribution is 2.48. The van der Waals surface area contributed by atoms with Gasteiger partial charge in [0, 0.05) is 30.2 Å². The minimum Gasteiger partial charge on any atom is -0.396 e. The predicted molar refractivity (Wildman–Crippen MR) is 98.5 cm³/mol. The number of hydrogen-bond acceptors (Lipinski definition) is 3. The zero-order chi connectivity index (χ0) is 17.8. The second-order valence-corrected chi connectivity index (χ2v) is 10.4. The maximum Gasteiger partial charge on any atom is 0.109 e. The minimum absolute atomic E-state index is 0.0164. The van der Waals surface area contributed by atoms with Crippen molar-refractivity contribution in [3.8, 4) is 0 Å². The normalized spacial score (nSPS) is 26.5. The van der Waals surface area contributed by atoms with Crippen molar-refractivity contribution in [2.75, 3.05) is 13.2 Å². The van der Waals surface area contributed by atoms with Crippen LogP contribution < -0.4 is 0 Å². The van der Waals surface area contributed by atoms with E-state index in [2.05, 4.69) is 67.2 Å². The summed E-state index contributed by atoms with van der Waals surface area (Å²) in [7, 11) is 0. The Labute approximate surface area is 142 Å². The summed E-state index contributed by atoms with van der Waals surface area (Å²) in [6, 6.07) is 0.209. The molecule has 1 N–H and O–H groups in total. The summed E-state index contributed by atoms with van der Waals surface area (Å²) in [6.45, 7) is 21.7. The van der Waals surface area contributed by atoms with Gasteiger partial charge in [-0.15, -0.1) is 0 Å². The second kappa shape index (κ2) is 5.61. The fraction of sp³-hybridized carbons (Fsp3) is 0.850. The van der Waals surface area contributed by atoms with Crippen LogP contribution in [0.2, 0.25) is 0 Å². The lowest BCUT2D eigenvalue weighted by Crippen LogP contribution is -2.47. The number of rotatable bonds is 1. The van der Waals surface area contributed by atoms with Gasteiger partial charge in [-0.2, -0.15) is 0 Å². The van der Waals surface area contributed by atoms with Crippen LogP contribution in [0, 0.1) is 22.2 Å². The first kappa shape index (κ1) is 18.5. The molecule has 2 heterocycles. The maximum absolute atomic E-state index is 9.73. The van der Waals surface area contributed by atoms with E-state index in [1.165, 1.54) is 17.1 Å². The Morgan fingerprint density at radius 1 is 1.00 bits per heavy atom. The fourth-order valence-corrected chi connectivity index (χ4v) is 3.89. The SMILES string of the molecule is CC(C)(C)C1=N[C@@H](C(C)(C)C)C(C(C)(C)C)=C2C[C@H](CO)CN12. The highest BCUT2D eigenvalue weighted by atomic mass is 16.3. The van der Waals surface area contributed by atoms with Crippen LogP contribution in [-0.2, 0) is 0 Å². The van der Waals surface area contributed by atoms with Gasteiger partial charge in [-0.3, -0.25) is 4.99 Å². The lowest BCUT2D eigenvalue weighted by molar-refractivity contribution is 0.230. The van der Waals surface area contributed by atoms with Crippen LogP contribution in [0.25, 0.3) is 0 Å². The average Bonchev–Trinajstić information content (AvgIpc) is 2.76. The molecule has 1 fully saturated rings. The Kier molecular flexibility index (Phi) is 4.52. The molecule has 23 heavy (non-hydrogen) atoms. The van der Waals surface area contributed by atoms with E-state index in [9.17, 15) is 5.11 Å². The summed E-state index contributed by atoms with van der Waals surface area (Å²) >= 11 is 0. The largest absolute Gasteiger partial charge is 0.396 e. The number of nitrogens with zero attached hydrogens (tertiary/aromatic N) is 2. The van der Waals surface area contributed by atoms with Crippen LogP contribution in [0.3, 0.4) is 0 Å². The number of aliphatic hydroxyl groups is 1. The van der Waals surface area contributed by atoms with E-state index in [-0.39, 0.29) is 28.9 Å². The lowest BCUT2D eigenvalue weighted by atomic mass is 9.70. The van der Waals surface area contributed by atoms with Crippen molar-refractivity contribution in [3.63, 3.8) is 0 Å². The Morgan fingerprint density at radius 3 is 1.96 bits per heavy atom. The van der Waals surface area contributed by atoms with Crippen LogP contribution in [-0.4, -0.2) is 35.0 Å². The van der Waals surface area contributed by atoms with Gasteiger partial charge in [-0.25, -0.2) is 0 Å². The van der Waals surface area contributed by atoms with Gasteiger partial charge < -0.3 is 10.0 Å². The van der Waals surface area contributed by atoms with E-state index < -0.39 is 0 Å². The van der Waals surface area contributed by atoms with Crippen molar-refractivity contribution < 1.29 is 5.11 Å². The third kappa shape index (κ3) is 3.50. The topological polar surface area (TPSA) is 35.8 Å². The molecular weight excluding hydrogens is 284 g/mol. The molecule has 2 aliphatic heterocycles. The number of aliphatic hydroxyl groups excluding tert-OH is 1. The van der Waals surface area contributed by atoms with Gasteiger partial charge in [0.1, 0.15) is 5.84 Å². The second-order valence-electron chi connectivity index (χ2n) is 10.4. The van der Waals surface area contributed by atoms with Crippen LogP contribution in [0.4, 0.5) is 0 Å². The molecule has 0 unspecified atom stereocenters. The molecule has 1 saturated heterocycles. The monoisotopic (exact) mass is 320 g/mol. The molecule has 3 nitrogen and oxygen atoms in total. The smallest absolute Gasteiger partial charge is 0.109 e. The third-order valence-corrected chi connectivity index (χ3v) is 4.90. The van der Waals surface area contributed by atoms with Crippen molar-refractivity contribution in [1.82, 2.24) is 4.90 Å². The third-order valence-electron chi connectivity index (χ3n) is 4.90. The molecule has 0 spiro atoms. The number of fused-ring (bicyclic) bond motifs is 1. The molecule has 2 rings (SSSR count). The molecule has 0 aromatic heterocycles. The lowest BCUT2D eigenvalue weighted by Gasteiger charge is -2.45. The maximum atomic E-state index is 9.73. The molecule has 0 aromatic carbocycles. The molecule has 0 aromatic rings. The van der Waals surface area contributed by atoms with E-state index in [1.54, 1.807) is 0 Å². The van der Waals surface area contributed by atoms with Gasteiger partial charge in [-0.1, -0.05) is 62.3 Å². The van der Waals surface area contributed by atoms with Crippen molar-refractivity contribution in [3.05, 3.63) is 11.3 Å². The van der Waals surface area contributed by atoms with E-state index in [0.717, 1.165) is 13.0 Å². The van der Waals surface area contributed by atoms with Gasteiger partial charge in [0.05, 0.1) is 6.04 Å². The number of amidine groups is 1. The molecule has 0 aliphatic carbocycles. The Bertz CT molecular complexity index is 523. The molecular formula is C20H36N2O. The van der Waals surface area contributed by atoms with E-state index in [0.29, 0.717) is 5.92 Å². The van der Waals surface area contributed by atoms with Crippen molar-refractivity contribution in [2.24, 2.45) is 27.2 Å². The van der Waals surface area contributed by atoms with Crippen molar-refractivity contribution in [1.29, 1.82) is 0 Å². The quantitative estimate of drug-likeness (QED) is 0.773. The van der Waals surface area contributed by atoms with E-state index >= 15 is 0 Å². The average molecular weight is 321 g/mol. The van der Waals surface area contributed by atoms with E-state index in [1.807, 2.05) is 0 Å². The first-order valence-corrected chi connectivity index (χ1v) is 8.97. The van der Waals surface area contributed by atoms with Crippen LogP contribution in [0.15, 0.2) is 16.3 Å². The highest BCUT2D eigenvalue weighted by molar-refractivity contribution is 5.90. The summed E-state index contributed by atoms with van der Waals surface area (Å²) in [5, 5.41) is 9.73. The van der Waals surface area contributed by atoms with Gasteiger partial charge in [-0.05, 0) is 22.8 Å². The van der Waals surface area contributed by atoms with Crippen LogP contribution >= 0.6 is 0 Å². The number of aliphatic imine (C=N–C) groups is 1. The Balaban J connectivity index is 2.66. The molecule has 0 saturated carbocycles. The predicted octanol–water partition coefficient (Wildman–Crippen LogP) is 4.47. The van der Waals surface area contributed by atoms with Gasteiger partial charge in [0.15, 0.2) is 0 Å². The molecule has 0 amide bonds. The summed E-state index contributed by atoms with van der Waals surface area (Å²) in [5.74, 6) is 1.52. The number of allylic oxidation sites excluding steroid dienone is 1. The molecule has 132 valence electrons. The fourth-order valence-electron chi connectivity index (χ4n) is 3.89. The Morgan fingerprint density at radius 2 is 1.57 bits per heavy atom. The first-order chi connectivity index (χ1) is 10.3. The summed E-state index contributed by atoms with van der Waals surface area (Å²) in [6.07, 6.45) is 0.977. The standard InChI is InChI=1S/C20H36N2O/c1-18(2,3)15-14-10-13(12-23)11-22(14)17(20(7,8)9)21-16(15)19(4,5)6/h13,16,23H,10-12H2,1-9H3/t13-,16+/m0/s1. The summed E-state index contributed by atoms with van der Waals surface area (Å²) in [4.78, 5) is 7.71. The molecule has 0 radical (unpaired) electrons.